The second-order valence-electron chi connectivity index (χ2n) is 9.44. The topological polar surface area (TPSA) is 38.9 Å². The predicted octanol–water partition coefficient (Wildman–Crippen LogP) is 9.28. The van der Waals surface area contributed by atoms with Crippen molar-refractivity contribution in [3.8, 4) is 33.6 Å². The van der Waals surface area contributed by atoms with E-state index in [2.05, 4.69) is 65.4 Å². The van der Waals surface area contributed by atoms with Crippen molar-refractivity contribution >= 4 is 21.9 Å². The molecule has 7 aromatic rings. The van der Waals surface area contributed by atoms with Gasteiger partial charge in [-0.1, -0.05) is 90.7 Å². The first kappa shape index (κ1) is 27.2. The largest absolute Gasteiger partial charge is 0.501 e. The number of hydrogen-bond acceptors (Lipinski definition) is 3. The van der Waals surface area contributed by atoms with Gasteiger partial charge >= 0.3 is 0 Å². The normalized spacial score (nSPS) is 10.6. The first-order chi connectivity index (χ1) is 19.2. The Morgan fingerprint density at radius 3 is 2.27 bits per heavy atom. The molecule has 4 heteroatoms. The van der Waals surface area contributed by atoms with Crippen molar-refractivity contribution in [3.05, 3.63) is 145 Å². The van der Waals surface area contributed by atoms with Gasteiger partial charge in [0.05, 0.1) is 5.58 Å². The molecule has 0 atom stereocenters. The van der Waals surface area contributed by atoms with Gasteiger partial charge in [-0.25, -0.2) is 0 Å². The Kier molecular flexibility index (Phi) is 8.31. The van der Waals surface area contributed by atoms with E-state index in [0.717, 1.165) is 50.0 Å². The summed E-state index contributed by atoms with van der Waals surface area (Å²) in [5, 5.41) is 2.30. The summed E-state index contributed by atoms with van der Waals surface area (Å²) in [4.78, 5) is 8.86. The van der Waals surface area contributed by atoms with Crippen LogP contribution in [-0.4, -0.2) is 9.97 Å². The van der Waals surface area contributed by atoms with E-state index >= 15 is 0 Å². The fourth-order valence-electron chi connectivity index (χ4n) is 4.68. The molecule has 3 heterocycles. The van der Waals surface area contributed by atoms with Crippen molar-refractivity contribution in [2.75, 3.05) is 0 Å². The van der Waals surface area contributed by atoms with E-state index in [1.807, 2.05) is 85.9 Å². The summed E-state index contributed by atoms with van der Waals surface area (Å²) in [5.41, 5.74) is 10.3. The van der Waals surface area contributed by atoms with E-state index in [0.29, 0.717) is 0 Å². The quantitative estimate of drug-likeness (QED) is 0.173. The van der Waals surface area contributed by atoms with Crippen molar-refractivity contribution in [1.82, 2.24) is 9.97 Å². The van der Waals surface area contributed by atoms with Gasteiger partial charge in [0.1, 0.15) is 5.58 Å². The van der Waals surface area contributed by atoms with Crippen LogP contribution in [0.2, 0.25) is 0 Å². The molecule has 0 aliphatic carbocycles. The third kappa shape index (κ3) is 5.65. The van der Waals surface area contributed by atoms with Gasteiger partial charge in [0, 0.05) is 37.9 Å². The van der Waals surface area contributed by atoms with E-state index in [4.69, 9.17) is 4.42 Å². The molecule has 0 amide bonds. The SMILES string of the molecule is Cc1ccc(-c2[c-]cc(C)c3c2oc2ccccc23)nc1.[Ir].[c-]1ccc(-c2ccccc2)cc1-c1ccccn1. The van der Waals surface area contributed by atoms with Crippen molar-refractivity contribution in [3.63, 3.8) is 0 Å². The summed E-state index contributed by atoms with van der Waals surface area (Å²) >= 11 is 0. The van der Waals surface area contributed by atoms with Crippen LogP contribution in [0.4, 0.5) is 0 Å². The van der Waals surface area contributed by atoms with Gasteiger partial charge in [0.15, 0.2) is 0 Å². The summed E-state index contributed by atoms with van der Waals surface area (Å²) in [6.45, 7) is 4.12. The molecular formula is C36H26IrN2O-2. The number of hydrogen-bond donors (Lipinski definition) is 0. The van der Waals surface area contributed by atoms with Gasteiger partial charge in [0.25, 0.3) is 0 Å². The van der Waals surface area contributed by atoms with Crippen LogP contribution < -0.4 is 0 Å². The molecule has 0 aliphatic heterocycles. The number of nitrogens with zero attached hydrogens (tertiary/aromatic N) is 2. The number of benzene rings is 4. The summed E-state index contributed by atoms with van der Waals surface area (Å²) in [6, 6.07) is 43.2. The zero-order valence-corrected chi connectivity index (χ0v) is 24.6. The van der Waals surface area contributed by atoms with E-state index in [1.54, 1.807) is 6.20 Å². The van der Waals surface area contributed by atoms with Crippen molar-refractivity contribution in [2.45, 2.75) is 13.8 Å². The molecule has 7 rings (SSSR count). The third-order valence-corrected chi connectivity index (χ3v) is 6.67. The molecule has 0 fully saturated rings. The maximum Gasteiger partial charge on any atom is 0.120 e. The monoisotopic (exact) mass is 695 g/mol. The van der Waals surface area contributed by atoms with Crippen LogP contribution in [0.1, 0.15) is 11.1 Å². The molecule has 3 nitrogen and oxygen atoms in total. The fourth-order valence-corrected chi connectivity index (χ4v) is 4.68. The summed E-state index contributed by atoms with van der Waals surface area (Å²) in [5.74, 6) is 0. The van der Waals surface area contributed by atoms with E-state index in [1.165, 1.54) is 16.7 Å². The average molecular weight is 695 g/mol. The maximum atomic E-state index is 6.08. The van der Waals surface area contributed by atoms with Gasteiger partial charge in [-0.05, 0) is 41.6 Å². The number of furan rings is 1. The second kappa shape index (κ2) is 12.2. The molecule has 0 saturated heterocycles. The minimum atomic E-state index is 0. The molecule has 40 heavy (non-hydrogen) atoms. The minimum absolute atomic E-state index is 0. The minimum Gasteiger partial charge on any atom is -0.501 e. The molecule has 0 aliphatic rings. The molecular weight excluding hydrogens is 669 g/mol. The second-order valence-corrected chi connectivity index (χ2v) is 9.44. The Morgan fingerprint density at radius 1 is 0.700 bits per heavy atom. The average Bonchev–Trinajstić information content (AvgIpc) is 3.40. The molecule has 4 aromatic carbocycles. The summed E-state index contributed by atoms with van der Waals surface area (Å²) in [7, 11) is 0. The molecule has 0 bridgehead atoms. The van der Waals surface area contributed by atoms with Crippen LogP contribution in [0.5, 0.6) is 0 Å². The first-order valence-corrected chi connectivity index (χ1v) is 12.9. The van der Waals surface area contributed by atoms with E-state index in [-0.39, 0.29) is 20.1 Å². The fraction of sp³-hybridized carbons (Fsp3) is 0.0556. The molecule has 3 aromatic heterocycles. The zero-order valence-electron chi connectivity index (χ0n) is 22.2. The van der Waals surface area contributed by atoms with Gasteiger partial charge in [-0.3, -0.25) is 0 Å². The van der Waals surface area contributed by atoms with Crippen LogP contribution in [0.15, 0.2) is 126 Å². The molecule has 0 N–H and O–H groups in total. The maximum absolute atomic E-state index is 6.08. The van der Waals surface area contributed by atoms with E-state index in [9.17, 15) is 0 Å². The Balaban J connectivity index is 0.000000159. The van der Waals surface area contributed by atoms with Gasteiger partial charge in [-0.15, -0.1) is 53.1 Å². The standard InChI is InChI=1S/C19H14NO.C17H12N.Ir/c1-12-7-10-16(20-11-12)14-9-8-13(2)18-15-5-3-4-6-17(15)21-19(14)18;1-2-7-14(8-3-1)15-9-6-10-16(13-15)17-11-4-5-12-18-17;/h3-8,10-11H,1-2H3;1-9,11-13H;/q2*-1;. The van der Waals surface area contributed by atoms with Crippen molar-refractivity contribution in [2.24, 2.45) is 0 Å². The van der Waals surface area contributed by atoms with Gasteiger partial charge in [-0.2, -0.15) is 0 Å². The first-order valence-electron chi connectivity index (χ1n) is 12.9. The zero-order chi connectivity index (χ0) is 26.6. The van der Waals surface area contributed by atoms with Gasteiger partial charge < -0.3 is 14.4 Å². The molecule has 0 saturated carbocycles. The number of aromatic nitrogens is 2. The molecule has 0 unspecified atom stereocenters. The summed E-state index contributed by atoms with van der Waals surface area (Å²) < 4.78 is 6.08. The Morgan fingerprint density at radius 2 is 1.50 bits per heavy atom. The third-order valence-electron chi connectivity index (χ3n) is 6.67. The van der Waals surface area contributed by atoms with E-state index < -0.39 is 0 Å². The van der Waals surface area contributed by atoms with Crippen LogP contribution in [-0.2, 0) is 20.1 Å². The van der Waals surface area contributed by atoms with Crippen molar-refractivity contribution in [1.29, 1.82) is 0 Å². The van der Waals surface area contributed by atoms with Crippen LogP contribution in [0.3, 0.4) is 0 Å². The number of aryl methyl sites for hydroxylation is 2. The van der Waals surface area contributed by atoms with Crippen LogP contribution >= 0.6 is 0 Å². The number of pyridine rings is 2. The number of para-hydroxylation sites is 1. The molecule has 197 valence electrons. The molecule has 0 spiro atoms. The smallest absolute Gasteiger partial charge is 0.120 e. The predicted molar refractivity (Wildman–Crippen MR) is 159 cm³/mol. The Bertz CT molecular complexity index is 1810. The van der Waals surface area contributed by atoms with Crippen LogP contribution in [0.25, 0.3) is 55.6 Å². The van der Waals surface area contributed by atoms with Crippen LogP contribution in [0, 0.1) is 26.0 Å². The van der Waals surface area contributed by atoms with Gasteiger partial charge in [0.2, 0.25) is 0 Å². The summed E-state index contributed by atoms with van der Waals surface area (Å²) in [6.07, 6.45) is 3.68. The Labute approximate surface area is 247 Å². The number of rotatable bonds is 3. The molecule has 1 radical (unpaired) electrons. The number of fused-ring (bicyclic) bond motifs is 3. The Hall–Kier alpha value is -4.37. The van der Waals surface area contributed by atoms with Crippen molar-refractivity contribution < 1.29 is 24.5 Å².